The SMILES string of the molecule is C#CCCCC1(O)CCCC12CCC2. The van der Waals surface area contributed by atoms with Crippen LogP contribution in [0.4, 0.5) is 0 Å². The van der Waals surface area contributed by atoms with Crippen LogP contribution in [0.1, 0.15) is 57.8 Å². The predicted molar refractivity (Wildman–Crippen MR) is 57.8 cm³/mol. The van der Waals surface area contributed by atoms with Gasteiger partial charge in [0, 0.05) is 6.42 Å². The lowest BCUT2D eigenvalue weighted by Crippen LogP contribution is -2.48. The van der Waals surface area contributed by atoms with E-state index in [0.717, 1.165) is 25.7 Å². The van der Waals surface area contributed by atoms with Crippen molar-refractivity contribution in [3.05, 3.63) is 0 Å². The van der Waals surface area contributed by atoms with E-state index in [2.05, 4.69) is 5.92 Å². The van der Waals surface area contributed by atoms with Gasteiger partial charge < -0.3 is 5.11 Å². The molecule has 0 aliphatic heterocycles. The molecule has 0 amide bonds. The number of hydrogen-bond donors (Lipinski definition) is 1. The van der Waals surface area contributed by atoms with Crippen LogP contribution in [0.2, 0.25) is 0 Å². The van der Waals surface area contributed by atoms with E-state index in [1.54, 1.807) is 0 Å². The van der Waals surface area contributed by atoms with Crippen molar-refractivity contribution in [1.82, 2.24) is 0 Å². The molecule has 1 heteroatoms. The smallest absolute Gasteiger partial charge is 0.0704 e. The van der Waals surface area contributed by atoms with E-state index in [1.165, 1.54) is 32.1 Å². The molecule has 0 radical (unpaired) electrons. The lowest BCUT2D eigenvalue weighted by atomic mass is 9.59. The average Bonchev–Trinajstić information content (AvgIpc) is 2.43. The Morgan fingerprint density at radius 3 is 2.36 bits per heavy atom. The molecular formula is C13H20O. The highest BCUT2D eigenvalue weighted by Gasteiger charge is 2.55. The Balaban J connectivity index is 1.96. The summed E-state index contributed by atoms with van der Waals surface area (Å²) < 4.78 is 0. The van der Waals surface area contributed by atoms with Crippen molar-refractivity contribution in [1.29, 1.82) is 0 Å². The molecule has 1 N–H and O–H groups in total. The van der Waals surface area contributed by atoms with Crippen molar-refractivity contribution in [3.63, 3.8) is 0 Å². The van der Waals surface area contributed by atoms with Crippen molar-refractivity contribution in [3.8, 4) is 12.3 Å². The molecular weight excluding hydrogens is 172 g/mol. The number of unbranched alkanes of at least 4 members (excludes halogenated alkanes) is 1. The van der Waals surface area contributed by atoms with E-state index in [0.29, 0.717) is 5.41 Å². The van der Waals surface area contributed by atoms with Crippen molar-refractivity contribution in [2.75, 3.05) is 0 Å². The molecule has 1 unspecified atom stereocenters. The molecule has 2 rings (SSSR count). The maximum absolute atomic E-state index is 10.6. The minimum absolute atomic E-state index is 0.307. The van der Waals surface area contributed by atoms with E-state index in [9.17, 15) is 5.11 Å². The standard InChI is InChI=1S/C13H20O/c1-2-3-4-10-13(14)11-6-9-12(13)7-5-8-12/h1,14H,3-11H2. The van der Waals surface area contributed by atoms with E-state index in [-0.39, 0.29) is 5.60 Å². The van der Waals surface area contributed by atoms with Gasteiger partial charge >= 0.3 is 0 Å². The van der Waals surface area contributed by atoms with E-state index in [4.69, 9.17) is 6.42 Å². The normalized spacial score (nSPS) is 34.0. The first kappa shape index (κ1) is 10.1. The zero-order chi connectivity index (χ0) is 10.1. The molecule has 0 aromatic heterocycles. The zero-order valence-electron chi connectivity index (χ0n) is 8.89. The lowest BCUT2D eigenvalue weighted by Gasteiger charge is -2.49. The number of terminal acetylenes is 1. The summed E-state index contributed by atoms with van der Waals surface area (Å²) in [5.41, 5.74) is -0.0519. The van der Waals surface area contributed by atoms with Crippen molar-refractivity contribution >= 4 is 0 Å². The van der Waals surface area contributed by atoms with Crippen LogP contribution >= 0.6 is 0 Å². The molecule has 2 aliphatic carbocycles. The Kier molecular flexibility index (Phi) is 2.58. The quantitative estimate of drug-likeness (QED) is 0.538. The number of hydrogen-bond acceptors (Lipinski definition) is 1. The van der Waals surface area contributed by atoms with Gasteiger partial charge in [0.2, 0.25) is 0 Å². The first-order valence-electron chi connectivity index (χ1n) is 5.88. The first-order valence-corrected chi connectivity index (χ1v) is 5.88. The van der Waals surface area contributed by atoms with Crippen molar-refractivity contribution < 1.29 is 5.11 Å². The van der Waals surface area contributed by atoms with Crippen LogP contribution in [-0.4, -0.2) is 10.7 Å². The summed E-state index contributed by atoms with van der Waals surface area (Å²) in [6.45, 7) is 0. The largest absolute Gasteiger partial charge is 0.389 e. The molecule has 1 spiro atoms. The van der Waals surface area contributed by atoms with Crippen LogP contribution < -0.4 is 0 Å². The van der Waals surface area contributed by atoms with Crippen molar-refractivity contribution in [2.24, 2.45) is 5.41 Å². The Hall–Kier alpha value is -0.480. The fraction of sp³-hybridized carbons (Fsp3) is 0.846. The molecule has 14 heavy (non-hydrogen) atoms. The summed E-state index contributed by atoms with van der Waals surface area (Å²) >= 11 is 0. The monoisotopic (exact) mass is 192 g/mol. The summed E-state index contributed by atoms with van der Waals surface area (Å²) in [6, 6.07) is 0. The Labute approximate surface area is 86.9 Å². The van der Waals surface area contributed by atoms with Gasteiger partial charge in [0.1, 0.15) is 0 Å². The minimum Gasteiger partial charge on any atom is -0.389 e. The molecule has 2 fully saturated rings. The highest BCUT2D eigenvalue weighted by atomic mass is 16.3. The summed E-state index contributed by atoms with van der Waals surface area (Å²) in [5, 5.41) is 10.6. The van der Waals surface area contributed by atoms with Gasteiger partial charge in [-0.1, -0.05) is 6.42 Å². The van der Waals surface area contributed by atoms with Crippen LogP contribution in [0.15, 0.2) is 0 Å². The second-order valence-electron chi connectivity index (χ2n) is 5.08. The third kappa shape index (κ3) is 1.37. The van der Waals surface area contributed by atoms with Gasteiger partial charge in [-0.25, -0.2) is 0 Å². The second-order valence-corrected chi connectivity index (χ2v) is 5.08. The van der Waals surface area contributed by atoms with Gasteiger partial charge in [0.15, 0.2) is 0 Å². The van der Waals surface area contributed by atoms with E-state index < -0.39 is 0 Å². The third-order valence-electron chi connectivity index (χ3n) is 4.45. The number of aliphatic hydroxyl groups is 1. The minimum atomic E-state index is -0.359. The van der Waals surface area contributed by atoms with E-state index >= 15 is 0 Å². The maximum atomic E-state index is 10.6. The third-order valence-corrected chi connectivity index (χ3v) is 4.45. The molecule has 1 nitrogen and oxygen atoms in total. The molecule has 78 valence electrons. The summed E-state index contributed by atoms with van der Waals surface area (Å²) in [6.07, 6.45) is 15.3. The summed E-state index contributed by atoms with van der Waals surface area (Å²) in [7, 11) is 0. The average molecular weight is 192 g/mol. The molecule has 0 aromatic rings. The predicted octanol–water partition coefficient (Wildman–Crippen LogP) is 2.88. The fourth-order valence-corrected chi connectivity index (χ4v) is 3.41. The van der Waals surface area contributed by atoms with Gasteiger partial charge in [-0.05, 0) is 50.4 Å². The lowest BCUT2D eigenvalue weighted by molar-refractivity contribution is -0.110. The maximum Gasteiger partial charge on any atom is 0.0704 e. The van der Waals surface area contributed by atoms with E-state index in [1.807, 2.05) is 0 Å². The van der Waals surface area contributed by atoms with Crippen LogP contribution in [0.3, 0.4) is 0 Å². The van der Waals surface area contributed by atoms with Gasteiger partial charge in [-0.3, -0.25) is 0 Å². The molecule has 0 saturated heterocycles. The molecule has 1 atom stereocenters. The number of rotatable bonds is 3. The van der Waals surface area contributed by atoms with Gasteiger partial charge in [0.05, 0.1) is 5.60 Å². The molecule has 0 heterocycles. The first-order chi connectivity index (χ1) is 6.72. The summed E-state index contributed by atoms with van der Waals surface area (Å²) in [5.74, 6) is 2.66. The Bertz CT molecular complexity index is 246. The molecule has 2 aliphatic rings. The topological polar surface area (TPSA) is 20.2 Å². The van der Waals surface area contributed by atoms with Crippen LogP contribution in [0, 0.1) is 17.8 Å². The van der Waals surface area contributed by atoms with Crippen LogP contribution in [0.25, 0.3) is 0 Å². The molecule has 2 saturated carbocycles. The zero-order valence-corrected chi connectivity index (χ0v) is 8.89. The van der Waals surface area contributed by atoms with Gasteiger partial charge in [-0.2, -0.15) is 0 Å². The molecule has 0 bridgehead atoms. The van der Waals surface area contributed by atoms with Crippen LogP contribution in [-0.2, 0) is 0 Å². The van der Waals surface area contributed by atoms with Gasteiger partial charge in [0.25, 0.3) is 0 Å². The Morgan fingerprint density at radius 1 is 1.14 bits per heavy atom. The fourth-order valence-electron chi connectivity index (χ4n) is 3.41. The van der Waals surface area contributed by atoms with Crippen molar-refractivity contribution in [2.45, 2.75) is 63.4 Å². The highest BCUT2D eigenvalue weighted by Crippen LogP contribution is 2.60. The second kappa shape index (κ2) is 3.59. The highest BCUT2D eigenvalue weighted by molar-refractivity contribution is 5.07. The van der Waals surface area contributed by atoms with Crippen LogP contribution in [0.5, 0.6) is 0 Å². The van der Waals surface area contributed by atoms with Gasteiger partial charge in [-0.15, -0.1) is 12.3 Å². The molecule has 0 aromatic carbocycles. The Morgan fingerprint density at radius 2 is 1.79 bits per heavy atom. The summed E-state index contributed by atoms with van der Waals surface area (Å²) in [4.78, 5) is 0.